The Labute approximate surface area is 188 Å². The fourth-order valence-electron chi connectivity index (χ4n) is 3.74. The topological polar surface area (TPSA) is 79.7 Å². The van der Waals surface area contributed by atoms with E-state index in [1.165, 1.54) is 12.1 Å². The van der Waals surface area contributed by atoms with Crippen LogP contribution >= 0.6 is 11.6 Å². The van der Waals surface area contributed by atoms with Gasteiger partial charge < -0.3 is 16.0 Å². The van der Waals surface area contributed by atoms with Crippen molar-refractivity contribution in [1.82, 2.24) is 24.8 Å². The maximum absolute atomic E-state index is 13.1. The molecule has 1 saturated heterocycles. The fourth-order valence-corrected chi connectivity index (χ4v) is 4.03. The molecule has 1 aliphatic rings. The minimum absolute atomic E-state index is 0.131. The van der Waals surface area contributed by atoms with Crippen LogP contribution in [0.25, 0.3) is 11.2 Å². The third-order valence-electron chi connectivity index (χ3n) is 5.12. The Morgan fingerprint density at radius 2 is 1.84 bits per heavy atom. The number of nitrogens with zero attached hydrogens (tertiary/aromatic N) is 4. The number of nitrogens with one attached hydrogen (secondary N) is 3. The summed E-state index contributed by atoms with van der Waals surface area (Å²) in [5.41, 5.74) is 0.586. The summed E-state index contributed by atoms with van der Waals surface area (Å²) >= 11 is 5.90. The highest BCUT2D eigenvalue weighted by molar-refractivity contribution is 6.31. The Morgan fingerprint density at radius 3 is 2.47 bits per heavy atom. The summed E-state index contributed by atoms with van der Waals surface area (Å²) < 4.78 is 41.2. The zero-order valence-corrected chi connectivity index (χ0v) is 18.8. The van der Waals surface area contributed by atoms with Crippen molar-refractivity contribution in [2.75, 3.05) is 23.7 Å². The van der Waals surface area contributed by atoms with E-state index in [1.54, 1.807) is 6.20 Å². The van der Waals surface area contributed by atoms with Crippen LogP contribution in [0.4, 0.5) is 30.8 Å². The molecule has 0 spiro atoms. The average Bonchev–Trinajstić information content (AvgIpc) is 3.03. The van der Waals surface area contributed by atoms with E-state index in [4.69, 9.17) is 16.6 Å². The summed E-state index contributed by atoms with van der Waals surface area (Å²) in [5.74, 6) is 0.981. The van der Waals surface area contributed by atoms with Gasteiger partial charge in [0.05, 0.1) is 16.8 Å². The minimum atomic E-state index is -4.51. The molecule has 0 saturated carbocycles. The van der Waals surface area contributed by atoms with Crippen LogP contribution in [0.15, 0.2) is 24.4 Å². The third kappa shape index (κ3) is 4.91. The molecular weight excluding hydrogens is 443 g/mol. The van der Waals surface area contributed by atoms with Crippen LogP contribution in [0.2, 0.25) is 5.02 Å². The maximum Gasteiger partial charge on any atom is 0.417 e. The Kier molecular flexibility index (Phi) is 5.93. The van der Waals surface area contributed by atoms with Gasteiger partial charge in [0.25, 0.3) is 0 Å². The molecule has 3 N–H and O–H groups in total. The number of fused-ring (bicyclic) bond motifs is 1. The fraction of sp³-hybridized carbons (Fsp3) is 0.476. The lowest BCUT2D eigenvalue weighted by Crippen LogP contribution is -2.30. The third-order valence-corrected chi connectivity index (χ3v) is 5.44. The smallest absolute Gasteiger partial charge is 0.350 e. The molecule has 7 nitrogen and oxygen atoms in total. The lowest BCUT2D eigenvalue weighted by Gasteiger charge is -2.26. The first kappa shape index (κ1) is 22.6. The van der Waals surface area contributed by atoms with Crippen molar-refractivity contribution >= 4 is 40.3 Å². The number of hydrogen-bond acceptors (Lipinski definition) is 6. The Bertz CT molecular complexity index is 1120. The molecule has 3 aromatic rings. The Morgan fingerprint density at radius 1 is 1.12 bits per heavy atom. The molecule has 172 valence electrons. The van der Waals surface area contributed by atoms with Crippen LogP contribution in [0, 0.1) is 0 Å². The summed E-state index contributed by atoms with van der Waals surface area (Å²) in [6, 6.07) is 3.70. The number of anilines is 3. The normalized spacial score (nSPS) is 15.8. The number of piperidine rings is 1. The molecule has 4 rings (SSSR count). The van der Waals surface area contributed by atoms with Gasteiger partial charge in [0.15, 0.2) is 5.65 Å². The Balaban J connectivity index is 1.75. The number of rotatable bonds is 4. The predicted octanol–water partition coefficient (Wildman–Crippen LogP) is 5.38. The van der Waals surface area contributed by atoms with Crippen molar-refractivity contribution < 1.29 is 13.2 Å². The molecule has 1 aliphatic heterocycles. The van der Waals surface area contributed by atoms with E-state index in [9.17, 15) is 13.2 Å². The Hall–Kier alpha value is -2.59. The number of imidazole rings is 1. The van der Waals surface area contributed by atoms with Crippen molar-refractivity contribution in [3.8, 4) is 0 Å². The molecule has 0 atom stereocenters. The predicted molar refractivity (Wildman–Crippen MR) is 120 cm³/mol. The number of hydrogen-bond donors (Lipinski definition) is 3. The van der Waals surface area contributed by atoms with Crippen molar-refractivity contribution in [2.24, 2.45) is 0 Å². The number of aromatic nitrogens is 4. The standard InChI is InChI=1S/C21H25ClF3N7/c1-20(2,3)31-18-27-11-16-17(30-18)32(13-6-8-26-9-7-13)19(29-16)28-12-4-5-14(15(22)10-12)21(23,24)25/h4-5,10-11,13,26H,6-9H2,1-3H3,(H,28,29)(H,27,30,31). The first-order valence-electron chi connectivity index (χ1n) is 10.4. The first-order valence-corrected chi connectivity index (χ1v) is 10.8. The van der Waals surface area contributed by atoms with Gasteiger partial charge in [-0.2, -0.15) is 18.2 Å². The van der Waals surface area contributed by atoms with Gasteiger partial charge in [-0.05, 0) is 64.9 Å². The van der Waals surface area contributed by atoms with Gasteiger partial charge in [-0.25, -0.2) is 9.97 Å². The summed E-state index contributed by atoms with van der Waals surface area (Å²) in [7, 11) is 0. The zero-order chi connectivity index (χ0) is 23.1. The van der Waals surface area contributed by atoms with Gasteiger partial charge in [-0.1, -0.05) is 11.6 Å². The average molecular weight is 468 g/mol. The number of halogens is 4. The van der Waals surface area contributed by atoms with Crippen LogP contribution in [-0.4, -0.2) is 38.1 Å². The zero-order valence-electron chi connectivity index (χ0n) is 18.0. The van der Waals surface area contributed by atoms with Crippen LogP contribution < -0.4 is 16.0 Å². The van der Waals surface area contributed by atoms with E-state index in [-0.39, 0.29) is 16.6 Å². The van der Waals surface area contributed by atoms with Crippen LogP contribution in [0.3, 0.4) is 0 Å². The highest BCUT2D eigenvalue weighted by atomic mass is 35.5. The number of benzene rings is 1. The maximum atomic E-state index is 13.1. The minimum Gasteiger partial charge on any atom is -0.350 e. The van der Waals surface area contributed by atoms with Gasteiger partial charge in [-0.15, -0.1) is 0 Å². The van der Waals surface area contributed by atoms with E-state index in [1.807, 2.05) is 25.3 Å². The van der Waals surface area contributed by atoms with Crippen LogP contribution in [-0.2, 0) is 6.18 Å². The number of alkyl halides is 3. The first-order chi connectivity index (χ1) is 15.0. The van der Waals surface area contributed by atoms with Gasteiger partial charge >= 0.3 is 6.18 Å². The lowest BCUT2D eigenvalue weighted by atomic mass is 10.1. The summed E-state index contributed by atoms with van der Waals surface area (Å²) in [6.07, 6.45) is -1.11. The van der Waals surface area contributed by atoms with Crippen molar-refractivity contribution in [3.63, 3.8) is 0 Å². The summed E-state index contributed by atoms with van der Waals surface area (Å²) in [5, 5.41) is 9.38. The van der Waals surface area contributed by atoms with E-state index < -0.39 is 11.7 Å². The molecule has 0 bridgehead atoms. The molecule has 0 radical (unpaired) electrons. The second-order valence-electron chi connectivity index (χ2n) is 8.88. The van der Waals surface area contributed by atoms with E-state index in [2.05, 4.69) is 25.9 Å². The summed E-state index contributed by atoms with van der Waals surface area (Å²) in [6.45, 7) is 7.77. The van der Waals surface area contributed by atoms with Gasteiger partial charge in [-0.3, -0.25) is 4.57 Å². The highest BCUT2D eigenvalue weighted by Crippen LogP contribution is 2.37. The quantitative estimate of drug-likeness (QED) is 0.478. The molecule has 0 amide bonds. The molecule has 32 heavy (non-hydrogen) atoms. The van der Waals surface area contributed by atoms with Crippen LogP contribution in [0.5, 0.6) is 0 Å². The molecule has 0 unspecified atom stereocenters. The second kappa shape index (κ2) is 8.40. The SMILES string of the molecule is CC(C)(C)Nc1ncc2nc(Nc3ccc(C(F)(F)F)c(Cl)c3)n(C3CCNCC3)c2n1. The summed E-state index contributed by atoms with van der Waals surface area (Å²) in [4.78, 5) is 13.7. The lowest BCUT2D eigenvalue weighted by molar-refractivity contribution is -0.137. The van der Waals surface area contributed by atoms with Crippen LogP contribution in [0.1, 0.15) is 45.2 Å². The molecule has 0 aliphatic carbocycles. The van der Waals surface area contributed by atoms with E-state index in [0.29, 0.717) is 28.7 Å². The molecule has 2 aromatic heterocycles. The monoisotopic (exact) mass is 467 g/mol. The highest BCUT2D eigenvalue weighted by Gasteiger charge is 2.33. The molecule has 11 heteroatoms. The van der Waals surface area contributed by atoms with E-state index >= 15 is 0 Å². The van der Waals surface area contributed by atoms with Crippen molar-refractivity contribution in [1.29, 1.82) is 0 Å². The van der Waals surface area contributed by atoms with E-state index in [0.717, 1.165) is 32.0 Å². The van der Waals surface area contributed by atoms with Gasteiger partial charge in [0, 0.05) is 17.3 Å². The van der Waals surface area contributed by atoms with Crippen molar-refractivity contribution in [2.45, 2.75) is 51.4 Å². The molecule has 1 aromatic carbocycles. The largest absolute Gasteiger partial charge is 0.417 e. The molecule has 1 fully saturated rings. The molecular formula is C21H25ClF3N7. The second-order valence-corrected chi connectivity index (χ2v) is 9.29. The molecule has 3 heterocycles. The van der Waals surface area contributed by atoms with Crippen molar-refractivity contribution in [3.05, 3.63) is 35.0 Å². The van der Waals surface area contributed by atoms with Gasteiger partial charge in [0.2, 0.25) is 11.9 Å². The van der Waals surface area contributed by atoms with Gasteiger partial charge in [0.1, 0.15) is 5.52 Å².